The molecule has 198 valence electrons. The minimum absolute atomic E-state index is 0.00160. The third-order valence-electron chi connectivity index (χ3n) is 7.92. The summed E-state index contributed by atoms with van der Waals surface area (Å²) in [5, 5.41) is 2.18. The lowest BCUT2D eigenvalue weighted by Gasteiger charge is -2.33. The van der Waals surface area contributed by atoms with Crippen molar-refractivity contribution in [2.75, 3.05) is 6.54 Å². The number of fused-ring (bicyclic) bond motifs is 1. The monoisotopic (exact) mass is 537 g/mol. The second kappa shape index (κ2) is 8.69. The lowest BCUT2D eigenvalue weighted by atomic mass is 9.94. The van der Waals surface area contributed by atoms with Crippen molar-refractivity contribution in [2.24, 2.45) is 5.92 Å². The molecule has 1 heterocycles. The van der Waals surface area contributed by atoms with Crippen molar-refractivity contribution in [3.63, 3.8) is 0 Å². The Morgan fingerprint density at radius 2 is 1.78 bits per heavy atom. The van der Waals surface area contributed by atoms with Crippen LogP contribution in [0.15, 0.2) is 36.4 Å². The van der Waals surface area contributed by atoms with Crippen LogP contribution >= 0.6 is 0 Å². The van der Waals surface area contributed by atoms with Crippen LogP contribution in [-0.4, -0.2) is 54.9 Å². The maximum absolute atomic E-state index is 15.7. The molecule has 11 heteroatoms. The smallest absolute Gasteiger partial charge is 0.318 e. The van der Waals surface area contributed by atoms with Gasteiger partial charge in [-0.3, -0.25) is 0 Å². The maximum atomic E-state index is 15.7. The molecule has 2 amide bonds. The van der Waals surface area contributed by atoms with Crippen molar-refractivity contribution >= 4 is 16.1 Å². The quantitative estimate of drug-likeness (QED) is 0.499. The molecule has 37 heavy (non-hydrogen) atoms. The summed E-state index contributed by atoms with van der Waals surface area (Å²) in [6, 6.07) is 5.20. The average Bonchev–Trinajstić information content (AvgIpc) is 3.69. The van der Waals surface area contributed by atoms with Crippen molar-refractivity contribution in [3.05, 3.63) is 59.4 Å². The highest BCUT2D eigenvalue weighted by atomic mass is 32.2. The first kappa shape index (κ1) is 24.7. The van der Waals surface area contributed by atoms with Gasteiger partial charge >= 0.3 is 6.03 Å². The van der Waals surface area contributed by atoms with Crippen LogP contribution in [0.4, 0.5) is 22.4 Å². The van der Waals surface area contributed by atoms with Crippen LogP contribution in [0, 0.1) is 23.4 Å². The first-order valence-electron chi connectivity index (χ1n) is 12.5. The number of likely N-dealkylation sites (tertiary alicyclic amines) is 1. The Balaban J connectivity index is 1.30. The standard InChI is InChI=1S/C26H27F4N3O3S/c27-16-8-15(9-17(28)11-16)19-3-1-2-14(23(19)29)10-22-24(32-37(35,36)18-4-5-18)20-12-21(20)33(22)25(34)31-13-26(30)6-7-26/h1-3,8-9,11,18,20-22,24,32H,4-7,10,12-13H2,(H,31,34)/t20-,21+,22+,24+/m1/s1. The molecule has 0 bridgehead atoms. The molecule has 0 aromatic heterocycles. The number of carbonyl (C=O) groups excluding carboxylic acids is 1. The number of amides is 2. The second-order valence-corrected chi connectivity index (χ2v) is 12.8. The number of piperidine rings is 1. The van der Waals surface area contributed by atoms with E-state index < -0.39 is 56.5 Å². The summed E-state index contributed by atoms with van der Waals surface area (Å²) < 4.78 is 85.8. The molecule has 2 N–H and O–H groups in total. The summed E-state index contributed by atoms with van der Waals surface area (Å²) in [6.45, 7) is -0.125. The summed E-state index contributed by atoms with van der Waals surface area (Å²) in [5.41, 5.74) is -1.18. The number of halogens is 4. The zero-order chi connectivity index (χ0) is 26.1. The van der Waals surface area contributed by atoms with Gasteiger partial charge in [-0.05, 0) is 67.7 Å². The van der Waals surface area contributed by atoms with Gasteiger partial charge in [-0.2, -0.15) is 0 Å². The van der Waals surface area contributed by atoms with Gasteiger partial charge in [0.1, 0.15) is 23.1 Å². The van der Waals surface area contributed by atoms with Crippen LogP contribution in [0.5, 0.6) is 0 Å². The molecule has 6 nitrogen and oxygen atoms in total. The van der Waals surface area contributed by atoms with Crippen LogP contribution in [0.25, 0.3) is 11.1 Å². The van der Waals surface area contributed by atoms with Crippen molar-refractivity contribution < 1.29 is 30.8 Å². The molecule has 0 radical (unpaired) electrons. The van der Waals surface area contributed by atoms with Crippen molar-refractivity contribution in [1.82, 2.24) is 14.9 Å². The van der Waals surface area contributed by atoms with Gasteiger partial charge in [0, 0.05) is 23.7 Å². The number of hydrogen-bond donors (Lipinski definition) is 2. The van der Waals surface area contributed by atoms with E-state index in [1.807, 2.05) is 0 Å². The zero-order valence-corrected chi connectivity index (χ0v) is 20.7. The first-order valence-corrected chi connectivity index (χ1v) is 14.1. The maximum Gasteiger partial charge on any atom is 0.318 e. The largest absolute Gasteiger partial charge is 0.335 e. The lowest BCUT2D eigenvalue weighted by Crippen LogP contribution is -2.54. The highest BCUT2D eigenvalue weighted by molar-refractivity contribution is 7.90. The van der Waals surface area contributed by atoms with E-state index in [1.54, 1.807) is 6.07 Å². The van der Waals surface area contributed by atoms with E-state index in [0.717, 1.165) is 12.1 Å². The summed E-state index contributed by atoms with van der Waals surface area (Å²) in [5.74, 6) is -2.49. The van der Waals surface area contributed by atoms with Gasteiger partial charge in [-0.1, -0.05) is 18.2 Å². The van der Waals surface area contributed by atoms with E-state index >= 15 is 4.39 Å². The molecule has 1 saturated heterocycles. The summed E-state index contributed by atoms with van der Waals surface area (Å²) in [4.78, 5) is 14.7. The van der Waals surface area contributed by atoms with E-state index in [2.05, 4.69) is 10.0 Å². The molecule has 6 rings (SSSR count). The van der Waals surface area contributed by atoms with Gasteiger partial charge in [-0.25, -0.2) is 35.5 Å². The third kappa shape index (κ3) is 4.83. The SMILES string of the molecule is O=C(NCC1(F)CC1)N1[C@H]2C[C@H]2[C@H](NS(=O)(=O)C2CC2)[C@@H]1Cc1cccc(-c2cc(F)cc(F)c2)c1F. The molecule has 3 aliphatic carbocycles. The molecular formula is C26H27F4N3O3S. The number of nitrogens with one attached hydrogen (secondary N) is 2. The summed E-state index contributed by atoms with van der Waals surface area (Å²) in [6.07, 6.45) is 2.50. The van der Waals surface area contributed by atoms with E-state index in [1.165, 1.54) is 17.0 Å². The number of rotatable bonds is 8. The molecule has 2 aromatic carbocycles. The van der Waals surface area contributed by atoms with Crippen molar-refractivity contribution in [1.29, 1.82) is 0 Å². The third-order valence-corrected chi connectivity index (χ3v) is 9.87. The summed E-state index contributed by atoms with van der Waals surface area (Å²) >= 11 is 0. The molecule has 0 spiro atoms. The lowest BCUT2D eigenvalue weighted by molar-refractivity contribution is 0.170. The molecule has 0 unspecified atom stereocenters. The molecule has 2 aromatic rings. The van der Waals surface area contributed by atoms with Gasteiger partial charge in [0.05, 0.1) is 17.8 Å². The van der Waals surface area contributed by atoms with Gasteiger partial charge in [0.25, 0.3) is 0 Å². The highest BCUT2D eigenvalue weighted by Gasteiger charge is 2.61. The Morgan fingerprint density at radius 3 is 2.43 bits per heavy atom. The summed E-state index contributed by atoms with van der Waals surface area (Å²) in [7, 11) is -3.59. The zero-order valence-electron chi connectivity index (χ0n) is 19.9. The molecular weight excluding hydrogens is 510 g/mol. The van der Waals surface area contributed by atoms with Gasteiger partial charge in [-0.15, -0.1) is 0 Å². The Hall–Kier alpha value is -2.66. The molecule has 3 saturated carbocycles. The molecule has 4 fully saturated rings. The van der Waals surface area contributed by atoms with Crippen molar-refractivity contribution in [3.8, 4) is 11.1 Å². The number of benzene rings is 2. The minimum Gasteiger partial charge on any atom is -0.335 e. The van der Waals surface area contributed by atoms with Crippen molar-refractivity contribution in [2.45, 2.75) is 67.6 Å². The first-order chi connectivity index (χ1) is 17.5. The Morgan fingerprint density at radius 1 is 1.08 bits per heavy atom. The number of hydrogen-bond acceptors (Lipinski definition) is 3. The Labute approximate surface area is 212 Å². The number of urea groups is 1. The normalized spacial score (nSPS) is 27.6. The Bertz CT molecular complexity index is 1340. The van der Waals surface area contributed by atoms with Crippen LogP contribution < -0.4 is 10.0 Å². The van der Waals surface area contributed by atoms with E-state index in [0.29, 0.717) is 38.2 Å². The number of nitrogens with zero attached hydrogens (tertiary/aromatic N) is 1. The fourth-order valence-electron chi connectivity index (χ4n) is 5.50. The molecule has 4 aliphatic rings. The highest BCUT2D eigenvalue weighted by Crippen LogP contribution is 2.50. The minimum atomic E-state index is -3.59. The van der Waals surface area contributed by atoms with Gasteiger partial charge < -0.3 is 10.2 Å². The molecule has 4 atom stereocenters. The van der Waals surface area contributed by atoms with Crippen LogP contribution in [0.3, 0.4) is 0 Å². The van der Waals surface area contributed by atoms with Gasteiger partial charge in [0.2, 0.25) is 10.0 Å². The van der Waals surface area contributed by atoms with E-state index in [9.17, 15) is 26.4 Å². The topological polar surface area (TPSA) is 78.5 Å². The second-order valence-electron chi connectivity index (χ2n) is 10.8. The fraction of sp³-hybridized carbons (Fsp3) is 0.500. The van der Waals surface area contributed by atoms with Gasteiger partial charge in [0.15, 0.2) is 0 Å². The Kier molecular flexibility index (Phi) is 5.79. The number of alkyl halides is 1. The van der Waals surface area contributed by atoms with Crippen LogP contribution in [-0.2, 0) is 16.4 Å². The fourth-order valence-corrected chi connectivity index (χ4v) is 7.16. The van der Waals surface area contributed by atoms with Crippen LogP contribution in [0.2, 0.25) is 0 Å². The number of sulfonamides is 1. The number of carbonyl (C=O) groups is 1. The predicted octanol–water partition coefficient (Wildman–Crippen LogP) is 4.05. The average molecular weight is 538 g/mol. The van der Waals surface area contributed by atoms with E-state index in [-0.39, 0.29) is 41.6 Å². The van der Waals surface area contributed by atoms with E-state index in [4.69, 9.17) is 0 Å². The predicted molar refractivity (Wildman–Crippen MR) is 128 cm³/mol. The van der Waals surface area contributed by atoms with Crippen LogP contribution in [0.1, 0.15) is 37.7 Å². The molecule has 1 aliphatic heterocycles.